The lowest BCUT2D eigenvalue weighted by molar-refractivity contribution is -0.113. The molecular formula is C19H21N5OS. The lowest BCUT2D eigenvalue weighted by atomic mass is 10.1. The van der Waals surface area contributed by atoms with Crippen LogP contribution in [0.2, 0.25) is 0 Å². The molecule has 1 heterocycles. The topological polar surface area (TPSA) is 72.7 Å². The van der Waals surface area contributed by atoms with Crippen molar-refractivity contribution in [1.82, 2.24) is 20.2 Å². The number of aromatic nitrogens is 4. The van der Waals surface area contributed by atoms with Gasteiger partial charge in [0.25, 0.3) is 0 Å². The number of anilines is 1. The molecule has 0 atom stereocenters. The van der Waals surface area contributed by atoms with Gasteiger partial charge in [-0.2, -0.15) is 4.68 Å². The van der Waals surface area contributed by atoms with Crippen LogP contribution in [0.3, 0.4) is 0 Å². The summed E-state index contributed by atoms with van der Waals surface area (Å²) < 4.78 is 1.70. The molecule has 0 unspecified atom stereocenters. The Morgan fingerprint density at radius 1 is 1.12 bits per heavy atom. The summed E-state index contributed by atoms with van der Waals surface area (Å²) in [5.41, 5.74) is 5.10. The highest BCUT2D eigenvalue weighted by Crippen LogP contribution is 2.24. The largest absolute Gasteiger partial charge is 0.325 e. The van der Waals surface area contributed by atoms with E-state index in [2.05, 4.69) is 27.8 Å². The van der Waals surface area contributed by atoms with Crippen molar-refractivity contribution in [3.8, 4) is 5.69 Å². The van der Waals surface area contributed by atoms with Gasteiger partial charge in [0.05, 0.1) is 11.4 Å². The SMILES string of the molecule is CCc1ccccc1NC(=O)CSc1nnnn1-c1c(C)cccc1C. The van der Waals surface area contributed by atoms with E-state index in [4.69, 9.17) is 0 Å². The van der Waals surface area contributed by atoms with Gasteiger partial charge in [-0.15, -0.1) is 5.10 Å². The Hall–Kier alpha value is -2.67. The molecule has 2 aromatic carbocycles. The van der Waals surface area contributed by atoms with Crippen molar-refractivity contribution in [2.75, 3.05) is 11.1 Å². The van der Waals surface area contributed by atoms with Crippen LogP contribution in [-0.2, 0) is 11.2 Å². The predicted molar refractivity (Wildman–Crippen MR) is 104 cm³/mol. The second-order valence-electron chi connectivity index (χ2n) is 5.96. The van der Waals surface area contributed by atoms with E-state index >= 15 is 0 Å². The lowest BCUT2D eigenvalue weighted by Gasteiger charge is -2.11. The highest BCUT2D eigenvalue weighted by Gasteiger charge is 2.15. The van der Waals surface area contributed by atoms with E-state index < -0.39 is 0 Å². The number of thioether (sulfide) groups is 1. The Balaban J connectivity index is 1.72. The smallest absolute Gasteiger partial charge is 0.234 e. The molecule has 1 N–H and O–H groups in total. The van der Waals surface area contributed by atoms with Crippen molar-refractivity contribution in [2.45, 2.75) is 32.3 Å². The molecule has 0 radical (unpaired) electrons. The number of hydrogen-bond donors (Lipinski definition) is 1. The number of rotatable bonds is 6. The number of para-hydroxylation sites is 2. The third kappa shape index (κ3) is 3.94. The number of benzene rings is 2. The Labute approximate surface area is 157 Å². The summed E-state index contributed by atoms with van der Waals surface area (Å²) >= 11 is 1.32. The molecule has 0 aliphatic rings. The van der Waals surface area contributed by atoms with Crippen LogP contribution < -0.4 is 5.32 Å². The summed E-state index contributed by atoms with van der Waals surface area (Å²) in [6.45, 7) is 6.11. The van der Waals surface area contributed by atoms with Crippen molar-refractivity contribution >= 4 is 23.4 Å². The van der Waals surface area contributed by atoms with Gasteiger partial charge in [-0.05, 0) is 53.5 Å². The van der Waals surface area contributed by atoms with Gasteiger partial charge in [0.2, 0.25) is 11.1 Å². The van der Waals surface area contributed by atoms with Crippen molar-refractivity contribution < 1.29 is 4.79 Å². The minimum absolute atomic E-state index is 0.0769. The molecule has 1 aromatic heterocycles. The zero-order valence-electron chi connectivity index (χ0n) is 15.1. The first-order chi connectivity index (χ1) is 12.6. The molecule has 0 saturated heterocycles. The van der Waals surface area contributed by atoms with Crippen LogP contribution in [0.4, 0.5) is 5.69 Å². The van der Waals surface area contributed by atoms with Gasteiger partial charge in [0, 0.05) is 5.69 Å². The molecule has 7 heteroatoms. The van der Waals surface area contributed by atoms with E-state index in [-0.39, 0.29) is 11.7 Å². The molecule has 3 aromatic rings. The van der Waals surface area contributed by atoms with E-state index in [1.54, 1.807) is 4.68 Å². The Morgan fingerprint density at radius 3 is 2.58 bits per heavy atom. The van der Waals surface area contributed by atoms with Crippen LogP contribution in [0.25, 0.3) is 5.69 Å². The number of tetrazole rings is 1. The molecule has 0 spiro atoms. The van der Waals surface area contributed by atoms with Crippen molar-refractivity contribution in [1.29, 1.82) is 0 Å². The average molecular weight is 367 g/mol. The minimum Gasteiger partial charge on any atom is -0.325 e. The van der Waals surface area contributed by atoms with Crippen molar-refractivity contribution in [3.63, 3.8) is 0 Å². The van der Waals surface area contributed by atoms with Crippen LogP contribution in [0.15, 0.2) is 47.6 Å². The van der Waals surface area contributed by atoms with Gasteiger partial charge in [0.1, 0.15) is 0 Å². The lowest BCUT2D eigenvalue weighted by Crippen LogP contribution is -2.16. The van der Waals surface area contributed by atoms with Crippen LogP contribution in [0, 0.1) is 13.8 Å². The second kappa shape index (κ2) is 8.14. The zero-order chi connectivity index (χ0) is 18.5. The fraction of sp³-hybridized carbons (Fsp3) is 0.263. The molecule has 134 valence electrons. The van der Waals surface area contributed by atoms with Crippen LogP contribution >= 0.6 is 11.8 Å². The van der Waals surface area contributed by atoms with Gasteiger partial charge in [-0.3, -0.25) is 4.79 Å². The first-order valence-electron chi connectivity index (χ1n) is 8.45. The maximum absolute atomic E-state index is 12.3. The van der Waals surface area contributed by atoms with Gasteiger partial charge >= 0.3 is 0 Å². The molecule has 0 saturated carbocycles. The van der Waals surface area contributed by atoms with Gasteiger partial charge in [-0.25, -0.2) is 0 Å². The average Bonchev–Trinajstić information content (AvgIpc) is 3.08. The Kier molecular flexibility index (Phi) is 5.68. The van der Waals surface area contributed by atoms with Crippen LogP contribution in [0.5, 0.6) is 0 Å². The third-order valence-corrected chi connectivity index (χ3v) is 5.02. The molecule has 0 bridgehead atoms. The molecule has 26 heavy (non-hydrogen) atoms. The number of hydrogen-bond acceptors (Lipinski definition) is 5. The Bertz CT molecular complexity index is 902. The summed E-state index contributed by atoms with van der Waals surface area (Å²) in [5.74, 6) is 0.163. The second-order valence-corrected chi connectivity index (χ2v) is 6.90. The highest BCUT2D eigenvalue weighted by molar-refractivity contribution is 7.99. The van der Waals surface area contributed by atoms with Gasteiger partial charge < -0.3 is 5.32 Å². The standard InChI is InChI=1S/C19H21N5OS/c1-4-15-10-5-6-11-16(15)20-17(25)12-26-19-21-22-23-24(19)18-13(2)8-7-9-14(18)3/h5-11H,4,12H2,1-3H3,(H,20,25). The first kappa shape index (κ1) is 18.1. The van der Waals surface area contributed by atoms with Crippen LogP contribution in [0.1, 0.15) is 23.6 Å². The van der Waals surface area contributed by atoms with Gasteiger partial charge in [0.15, 0.2) is 0 Å². The molecule has 3 rings (SSSR count). The quantitative estimate of drug-likeness (QED) is 0.674. The van der Waals surface area contributed by atoms with Crippen molar-refractivity contribution in [3.05, 3.63) is 59.2 Å². The summed E-state index contributed by atoms with van der Waals surface area (Å²) in [6, 6.07) is 13.9. The molecule has 0 aliphatic heterocycles. The first-order valence-corrected chi connectivity index (χ1v) is 9.44. The van der Waals surface area contributed by atoms with E-state index in [1.807, 2.05) is 56.3 Å². The molecule has 1 amide bonds. The number of nitrogens with zero attached hydrogens (tertiary/aromatic N) is 4. The number of aryl methyl sites for hydroxylation is 3. The summed E-state index contributed by atoms with van der Waals surface area (Å²) in [6.07, 6.45) is 0.869. The molecule has 0 aliphatic carbocycles. The number of carbonyl (C=O) groups excluding carboxylic acids is 1. The maximum atomic E-state index is 12.3. The summed E-state index contributed by atoms with van der Waals surface area (Å²) in [4.78, 5) is 12.3. The fourth-order valence-electron chi connectivity index (χ4n) is 2.82. The molecular weight excluding hydrogens is 346 g/mol. The minimum atomic E-state index is -0.0769. The van der Waals surface area contributed by atoms with E-state index in [0.29, 0.717) is 5.16 Å². The summed E-state index contributed by atoms with van der Waals surface area (Å²) in [5, 5.41) is 15.5. The van der Waals surface area contributed by atoms with Crippen molar-refractivity contribution in [2.24, 2.45) is 0 Å². The summed E-state index contributed by atoms with van der Waals surface area (Å²) in [7, 11) is 0. The number of amides is 1. The molecule has 6 nitrogen and oxygen atoms in total. The zero-order valence-corrected chi connectivity index (χ0v) is 15.9. The van der Waals surface area contributed by atoms with Crippen LogP contribution in [-0.4, -0.2) is 31.9 Å². The Morgan fingerprint density at radius 2 is 1.85 bits per heavy atom. The normalized spacial score (nSPS) is 10.7. The highest BCUT2D eigenvalue weighted by atomic mass is 32.2. The maximum Gasteiger partial charge on any atom is 0.234 e. The van der Waals surface area contributed by atoms with E-state index in [9.17, 15) is 4.79 Å². The number of carbonyl (C=O) groups is 1. The monoisotopic (exact) mass is 367 g/mol. The third-order valence-electron chi connectivity index (χ3n) is 4.10. The predicted octanol–water partition coefficient (Wildman–Crippen LogP) is 3.57. The van der Waals surface area contributed by atoms with Gasteiger partial charge in [-0.1, -0.05) is 55.1 Å². The van der Waals surface area contributed by atoms with E-state index in [0.717, 1.165) is 34.5 Å². The number of nitrogens with one attached hydrogen (secondary N) is 1. The molecule has 0 fully saturated rings. The fourth-order valence-corrected chi connectivity index (χ4v) is 3.49. The van der Waals surface area contributed by atoms with E-state index in [1.165, 1.54) is 11.8 Å².